The van der Waals surface area contributed by atoms with Crippen molar-refractivity contribution in [2.24, 2.45) is 7.05 Å². The molecule has 9 heteroatoms. The summed E-state index contributed by atoms with van der Waals surface area (Å²) in [5, 5.41) is 3.86. The van der Waals surface area contributed by atoms with Gasteiger partial charge in [-0.1, -0.05) is 22.9 Å². The lowest BCUT2D eigenvalue weighted by Gasteiger charge is -2.10. The molecular formula is C17H18N4O4S. The Morgan fingerprint density at radius 2 is 1.85 bits per heavy atom. The Labute approximate surface area is 150 Å². The van der Waals surface area contributed by atoms with Gasteiger partial charge < -0.3 is 9.09 Å². The van der Waals surface area contributed by atoms with Crippen molar-refractivity contribution < 1.29 is 12.9 Å². The fraction of sp³-hybridized carbons (Fsp3) is 0.235. The highest BCUT2D eigenvalue weighted by Crippen LogP contribution is 2.19. The van der Waals surface area contributed by atoms with Gasteiger partial charge in [0.25, 0.3) is 0 Å². The average molecular weight is 374 g/mol. The summed E-state index contributed by atoms with van der Waals surface area (Å²) in [5.74, 6) is 0.404. The van der Waals surface area contributed by atoms with Crippen molar-refractivity contribution in [1.82, 2.24) is 19.4 Å². The zero-order chi connectivity index (χ0) is 18.9. The number of nitrogens with one attached hydrogen (secondary N) is 1. The summed E-state index contributed by atoms with van der Waals surface area (Å²) in [6, 6.07) is 8.79. The number of aromatic nitrogens is 3. The molecule has 0 aliphatic rings. The highest BCUT2D eigenvalue weighted by atomic mass is 32.2. The summed E-state index contributed by atoms with van der Waals surface area (Å²) in [4.78, 5) is 15.8. The molecule has 0 saturated heterocycles. The van der Waals surface area contributed by atoms with Crippen LogP contribution in [0.5, 0.6) is 0 Å². The minimum atomic E-state index is -3.72. The molecule has 1 N–H and O–H groups in total. The van der Waals surface area contributed by atoms with E-state index in [1.807, 2.05) is 6.92 Å². The first-order chi connectivity index (χ1) is 12.3. The topological polar surface area (TPSA) is 107 Å². The molecule has 1 atom stereocenters. The molecule has 3 aromatic rings. The van der Waals surface area contributed by atoms with Crippen LogP contribution in [0.1, 0.15) is 24.4 Å². The fourth-order valence-electron chi connectivity index (χ4n) is 2.32. The standard InChI is InChI=1S/C17H18N4O4S/c1-11-4-7-14(8-5-11)26(23,24)20-12(2)17-18-16(19-25-17)13-6-9-15(22)21(3)10-13/h4-10,12,20H,1-3H3/t12-/m0/s1. The maximum Gasteiger partial charge on any atom is 0.250 e. The Morgan fingerprint density at radius 3 is 2.50 bits per heavy atom. The van der Waals surface area contributed by atoms with E-state index in [9.17, 15) is 13.2 Å². The molecule has 0 amide bonds. The zero-order valence-corrected chi connectivity index (χ0v) is 15.3. The predicted octanol–water partition coefficient (Wildman–Crippen LogP) is 1.78. The quantitative estimate of drug-likeness (QED) is 0.729. The molecule has 26 heavy (non-hydrogen) atoms. The van der Waals surface area contributed by atoms with E-state index >= 15 is 0 Å². The SMILES string of the molecule is Cc1ccc(S(=O)(=O)N[C@@H](C)c2nc(-c3ccc(=O)n(C)c3)no2)cc1. The fourth-order valence-corrected chi connectivity index (χ4v) is 3.52. The number of sulfonamides is 1. The first-order valence-electron chi connectivity index (χ1n) is 7.86. The summed E-state index contributed by atoms with van der Waals surface area (Å²) < 4.78 is 34.0. The van der Waals surface area contributed by atoms with Gasteiger partial charge in [0, 0.05) is 24.9 Å². The first kappa shape index (κ1) is 18.0. The zero-order valence-electron chi connectivity index (χ0n) is 14.5. The van der Waals surface area contributed by atoms with Crippen molar-refractivity contribution in [2.45, 2.75) is 24.8 Å². The molecule has 2 aromatic heterocycles. The van der Waals surface area contributed by atoms with Crippen molar-refractivity contribution in [1.29, 1.82) is 0 Å². The molecule has 0 bridgehead atoms. The van der Waals surface area contributed by atoms with Crippen LogP contribution in [-0.4, -0.2) is 23.1 Å². The number of hydrogen-bond donors (Lipinski definition) is 1. The number of pyridine rings is 1. The predicted molar refractivity (Wildman–Crippen MR) is 94.9 cm³/mol. The summed E-state index contributed by atoms with van der Waals surface area (Å²) >= 11 is 0. The van der Waals surface area contributed by atoms with Crippen molar-refractivity contribution in [3.8, 4) is 11.4 Å². The third-order valence-electron chi connectivity index (χ3n) is 3.82. The van der Waals surface area contributed by atoms with Gasteiger partial charge in [0.15, 0.2) is 0 Å². The van der Waals surface area contributed by atoms with Gasteiger partial charge in [0.1, 0.15) is 0 Å². The van der Waals surface area contributed by atoms with Gasteiger partial charge >= 0.3 is 0 Å². The number of hydrogen-bond acceptors (Lipinski definition) is 6. The molecule has 136 valence electrons. The van der Waals surface area contributed by atoms with Crippen LogP contribution in [0.3, 0.4) is 0 Å². The van der Waals surface area contributed by atoms with Gasteiger partial charge in [-0.25, -0.2) is 8.42 Å². The van der Waals surface area contributed by atoms with Crippen LogP contribution >= 0.6 is 0 Å². The van der Waals surface area contributed by atoms with Crippen molar-refractivity contribution in [2.75, 3.05) is 0 Å². The van der Waals surface area contributed by atoms with E-state index in [2.05, 4.69) is 14.9 Å². The molecule has 0 aliphatic heterocycles. The minimum Gasteiger partial charge on any atom is -0.337 e. The molecule has 0 spiro atoms. The third-order valence-corrected chi connectivity index (χ3v) is 5.38. The van der Waals surface area contributed by atoms with Gasteiger partial charge in [0.2, 0.25) is 27.3 Å². The smallest absolute Gasteiger partial charge is 0.250 e. The highest BCUT2D eigenvalue weighted by molar-refractivity contribution is 7.89. The lowest BCUT2D eigenvalue weighted by Crippen LogP contribution is -2.27. The molecule has 0 aliphatic carbocycles. The van der Waals surface area contributed by atoms with Crippen LogP contribution in [0, 0.1) is 6.92 Å². The Bertz CT molecular complexity index is 1080. The van der Waals surface area contributed by atoms with Crippen LogP contribution in [0.4, 0.5) is 0 Å². The summed E-state index contributed by atoms with van der Waals surface area (Å²) in [7, 11) is -2.10. The van der Waals surface area contributed by atoms with Crippen LogP contribution < -0.4 is 10.3 Å². The minimum absolute atomic E-state index is 0.129. The first-order valence-corrected chi connectivity index (χ1v) is 9.34. The Balaban J connectivity index is 1.81. The van der Waals surface area contributed by atoms with Gasteiger partial charge in [-0.3, -0.25) is 4.79 Å². The van der Waals surface area contributed by atoms with Gasteiger partial charge in [0.05, 0.1) is 10.9 Å². The number of benzene rings is 1. The number of nitrogens with zero attached hydrogens (tertiary/aromatic N) is 3. The molecule has 1 aromatic carbocycles. The normalized spacial score (nSPS) is 12.9. The number of aryl methyl sites for hydroxylation is 2. The van der Waals surface area contributed by atoms with E-state index in [4.69, 9.17) is 4.52 Å². The van der Waals surface area contributed by atoms with E-state index in [1.165, 1.54) is 22.8 Å². The van der Waals surface area contributed by atoms with E-state index in [0.717, 1.165) is 5.56 Å². The summed E-state index contributed by atoms with van der Waals surface area (Å²) in [6.45, 7) is 3.50. The van der Waals surface area contributed by atoms with E-state index < -0.39 is 16.1 Å². The molecule has 8 nitrogen and oxygen atoms in total. The second kappa shape index (κ2) is 6.85. The molecule has 2 heterocycles. The van der Waals surface area contributed by atoms with Crippen LogP contribution in [-0.2, 0) is 17.1 Å². The van der Waals surface area contributed by atoms with Crippen molar-refractivity contribution in [3.63, 3.8) is 0 Å². The summed E-state index contributed by atoms with van der Waals surface area (Å²) in [5.41, 5.74) is 1.41. The number of rotatable bonds is 5. The van der Waals surface area contributed by atoms with E-state index in [0.29, 0.717) is 5.56 Å². The van der Waals surface area contributed by atoms with Crippen LogP contribution in [0.2, 0.25) is 0 Å². The van der Waals surface area contributed by atoms with Gasteiger partial charge in [-0.15, -0.1) is 0 Å². The lowest BCUT2D eigenvalue weighted by molar-refractivity contribution is 0.354. The molecule has 3 rings (SSSR count). The molecule has 0 unspecified atom stereocenters. The average Bonchev–Trinajstić information content (AvgIpc) is 3.07. The maximum absolute atomic E-state index is 12.4. The third kappa shape index (κ3) is 3.73. The van der Waals surface area contributed by atoms with Gasteiger partial charge in [-0.2, -0.15) is 9.71 Å². The van der Waals surface area contributed by atoms with Crippen LogP contribution in [0.25, 0.3) is 11.4 Å². The second-order valence-corrected chi connectivity index (χ2v) is 7.69. The Kier molecular flexibility index (Phi) is 4.75. The highest BCUT2D eigenvalue weighted by Gasteiger charge is 2.22. The monoisotopic (exact) mass is 374 g/mol. The van der Waals surface area contributed by atoms with Crippen molar-refractivity contribution in [3.05, 3.63) is 64.4 Å². The van der Waals surface area contributed by atoms with E-state index in [-0.39, 0.29) is 22.2 Å². The van der Waals surface area contributed by atoms with Gasteiger partial charge in [-0.05, 0) is 32.0 Å². The van der Waals surface area contributed by atoms with Crippen LogP contribution in [0.15, 0.2) is 56.8 Å². The molecule has 0 saturated carbocycles. The lowest BCUT2D eigenvalue weighted by atomic mass is 10.2. The van der Waals surface area contributed by atoms with E-state index in [1.54, 1.807) is 38.4 Å². The molecule has 0 fully saturated rings. The molecule has 0 radical (unpaired) electrons. The largest absolute Gasteiger partial charge is 0.337 e. The Hall–Kier alpha value is -2.78. The second-order valence-electron chi connectivity index (χ2n) is 5.98. The Morgan fingerprint density at radius 1 is 1.15 bits per heavy atom. The maximum atomic E-state index is 12.4. The molecular weight excluding hydrogens is 356 g/mol. The van der Waals surface area contributed by atoms with Crippen molar-refractivity contribution >= 4 is 10.0 Å². The summed E-state index contributed by atoms with van der Waals surface area (Å²) in [6.07, 6.45) is 1.58.